The van der Waals surface area contributed by atoms with Gasteiger partial charge >= 0.3 is 0 Å². The van der Waals surface area contributed by atoms with Gasteiger partial charge < -0.3 is 9.88 Å². The minimum atomic E-state index is 0.0530. The molecule has 1 aromatic carbocycles. The van der Waals surface area contributed by atoms with Gasteiger partial charge in [-0.1, -0.05) is 29.3 Å². The third-order valence-corrected chi connectivity index (χ3v) is 3.45. The van der Waals surface area contributed by atoms with E-state index >= 15 is 0 Å². The third-order valence-electron chi connectivity index (χ3n) is 2.72. The highest BCUT2D eigenvalue weighted by atomic mass is 35.5. The number of nitrogens with one attached hydrogen (secondary N) is 1. The molecule has 0 bridgehead atoms. The van der Waals surface area contributed by atoms with E-state index in [9.17, 15) is 0 Å². The summed E-state index contributed by atoms with van der Waals surface area (Å²) in [5, 5.41) is 4.37. The minimum Gasteiger partial charge on any atom is -0.336 e. The van der Waals surface area contributed by atoms with Gasteiger partial charge in [-0.2, -0.15) is 0 Å². The second-order valence-corrected chi connectivity index (χ2v) is 4.64. The molecular weight excluding hydrogens is 257 g/mol. The van der Waals surface area contributed by atoms with Crippen LogP contribution in [-0.2, 0) is 7.05 Å². The maximum Gasteiger partial charge on any atom is 0.0946 e. The van der Waals surface area contributed by atoms with E-state index in [0.29, 0.717) is 10.0 Å². The summed E-state index contributed by atoms with van der Waals surface area (Å²) < 4.78 is 1.98. The lowest BCUT2D eigenvalue weighted by Crippen LogP contribution is -2.20. The smallest absolute Gasteiger partial charge is 0.0946 e. The van der Waals surface area contributed by atoms with Gasteiger partial charge in [-0.05, 0) is 24.7 Å². The first-order valence-corrected chi connectivity index (χ1v) is 5.97. The zero-order chi connectivity index (χ0) is 12.4. The summed E-state index contributed by atoms with van der Waals surface area (Å²) >= 11 is 11.9. The van der Waals surface area contributed by atoms with E-state index in [2.05, 4.69) is 10.3 Å². The van der Waals surface area contributed by atoms with Crippen LogP contribution in [0, 0.1) is 0 Å². The zero-order valence-electron chi connectivity index (χ0n) is 9.61. The van der Waals surface area contributed by atoms with Gasteiger partial charge in [-0.15, -0.1) is 0 Å². The number of rotatable bonds is 3. The number of nitrogens with zero attached hydrogens (tertiary/aromatic N) is 2. The zero-order valence-corrected chi connectivity index (χ0v) is 11.1. The normalized spacial score (nSPS) is 12.7. The molecule has 2 rings (SSSR count). The number of hydrogen-bond acceptors (Lipinski definition) is 2. The number of aromatic nitrogens is 2. The molecule has 17 heavy (non-hydrogen) atoms. The standard InChI is InChI=1S/C12H13Cl2N3/c1-15-12(11-6-16-7-17(11)2)8-3-4-9(13)10(14)5-8/h3-7,12,15H,1-2H3. The molecule has 0 amide bonds. The number of benzene rings is 1. The van der Waals surface area contributed by atoms with Crippen LogP contribution in [0.3, 0.4) is 0 Å². The molecule has 2 aromatic rings. The molecular formula is C12H13Cl2N3. The molecule has 1 heterocycles. The molecule has 0 fully saturated rings. The molecule has 1 N–H and O–H groups in total. The van der Waals surface area contributed by atoms with Crippen molar-refractivity contribution in [1.82, 2.24) is 14.9 Å². The fourth-order valence-corrected chi connectivity index (χ4v) is 2.13. The van der Waals surface area contributed by atoms with Gasteiger partial charge in [0.1, 0.15) is 0 Å². The number of hydrogen-bond donors (Lipinski definition) is 1. The predicted molar refractivity (Wildman–Crippen MR) is 70.6 cm³/mol. The third kappa shape index (κ3) is 2.46. The maximum absolute atomic E-state index is 6.03. The molecule has 5 heteroatoms. The van der Waals surface area contributed by atoms with Crippen molar-refractivity contribution >= 4 is 23.2 Å². The van der Waals surface area contributed by atoms with Crippen molar-refractivity contribution in [3.63, 3.8) is 0 Å². The molecule has 0 saturated carbocycles. The van der Waals surface area contributed by atoms with Gasteiger partial charge in [0.2, 0.25) is 0 Å². The predicted octanol–water partition coefficient (Wildman–Crippen LogP) is 3.04. The van der Waals surface area contributed by atoms with Crippen molar-refractivity contribution in [2.45, 2.75) is 6.04 Å². The lowest BCUT2D eigenvalue weighted by molar-refractivity contribution is 0.638. The van der Waals surface area contributed by atoms with E-state index in [1.165, 1.54) is 0 Å². The van der Waals surface area contributed by atoms with Crippen LogP contribution in [-0.4, -0.2) is 16.6 Å². The fourth-order valence-electron chi connectivity index (χ4n) is 1.82. The Labute approximate surface area is 110 Å². The quantitative estimate of drug-likeness (QED) is 0.929. The van der Waals surface area contributed by atoms with Crippen LogP contribution >= 0.6 is 23.2 Å². The summed E-state index contributed by atoms with van der Waals surface area (Å²) in [6.45, 7) is 0. The molecule has 1 unspecified atom stereocenters. The lowest BCUT2D eigenvalue weighted by atomic mass is 10.0. The monoisotopic (exact) mass is 269 g/mol. The maximum atomic E-state index is 6.03. The van der Waals surface area contributed by atoms with Crippen LogP contribution in [0.1, 0.15) is 17.3 Å². The van der Waals surface area contributed by atoms with E-state index in [1.54, 1.807) is 12.4 Å². The first kappa shape index (κ1) is 12.4. The van der Waals surface area contributed by atoms with E-state index < -0.39 is 0 Å². The minimum absolute atomic E-state index is 0.0530. The van der Waals surface area contributed by atoms with Crippen LogP contribution in [0.2, 0.25) is 10.0 Å². The Bertz CT molecular complexity index is 522. The van der Waals surface area contributed by atoms with E-state index in [4.69, 9.17) is 23.2 Å². The number of aryl methyl sites for hydroxylation is 1. The Morgan fingerprint density at radius 1 is 1.29 bits per heavy atom. The van der Waals surface area contributed by atoms with Gasteiger partial charge in [0, 0.05) is 7.05 Å². The molecule has 0 aliphatic carbocycles. The second-order valence-electron chi connectivity index (χ2n) is 3.82. The van der Waals surface area contributed by atoms with Crippen molar-refractivity contribution in [1.29, 1.82) is 0 Å². The van der Waals surface area contributed by atoms with Crippen molar-refractivity contribution < 1.29 is 0 Å². The van der Waals surface area contributed by atoms with Crippen LogP contribution in [0.25, 0.3) is 0 Å². The molecule has 90 valence electrons. The van der Waals surface area contributed by atoms with Gasteiger partial charge in [0.05, 0.1) is 34.3 Å². The molecule has 1 aromatic heterocycles. The molecule has 0 aliphatic rings. The Balaban J connectivity index is 2.42. The molecule has 1 atom stereocenters. The van der Waals surface area contributed by atoms with Gasteiger partial charge in [-0.3, -0.25) is 0 Å². The van der Waals surface area contributed by atoms with Crippen LogP contribution in [0.5, 0.6) is 0 Å². The summed E-state index contributed by atoms with van der Waals surface area (Å²) in [5.74, 6) is 0. The average molecular weight is 270 g/mol. The van der Waals surface area contributed by atoms with Gasteiger partial charge in [0.25, 0.3) is 0 Å². The Morgan fingerprint density at radius 2 is 2.06 bits per heavy atom. The van der Waals surface area contributed by atoms with Gasteiger partial charge in [0.15, 0.2) is 0 Å². The van der Waals surface area contributed by atoms with E-state index in [0.717, 1.165) is 11.3 Å². The van der Waals surface area contributed by atoms with Crippen molar-refractivity contribution in [2.75, 3.05) is 7.05 Å². The number of imidazole rings is 1. The summed E-state index contributed by atoms with van der Waals surface area (Å²) in [5.41, 5.74) is 2.14. The summed E-state index contributed by atoms with van der Waals surface area (Å²) in [7, 11) is 3.87. The van der Waals surface area contributed by atoms with Crippen molar-refractivity contribution in [2.24, 2.45) is 7.05 Å². The topological polar surface area (TPSA) is 29.9 Å². The van der Waals surface area contributed by atoms with Crippen LogP contribution in [0.4, 0.5) is 0 Å². The Kier molecular flexibility index (Phi) is 3.72. The van der Waals surface area contributed by atoms with Crippen LogP contribution in [0.15, 0.2) is 30.7 Å². The number of halogens is 2. The first-order chi connectivity index (χ1) is 8.13. The molecule has 0 radical (unpaired) electrons. The summed E-state index contributed by atoms with van der Waals surface area (Å²) in [4.78, 5) is 4.12. The SMILES string of the molecule is CNC(c1ccc(Cl)c(Cl)c1)c1cncn1C. The fraction of sp³-hybridized carbons (Fsp3) is 0.250. The highest BCUT2D eigenvalue weighted by Gasteiger charge is 2.15. The molecule has 0 spiro atoms. The van der Waals surface area contributed by atoms with E-state index in [-0.39, 0.29) is 6.04 Å². The largest absolute Gasteiger partial charge is 0.336 e. The molecule has 0 aliphatic heterocycles. The lowest BCUT2D eigenvalue weighted by Gasteiger charge is -2.17. The average Bonchev–Trinajstić information content (AvgIpc) is 2.71. The molecule has 0 saturated heterocycles. The van der Waals surface area contributed by atoms with Crippen molar-refractivity contribution in [3.05, 3.63) is 52.0 Å². The Morgan fingerprint density at radius 3 is 2.59 bits per heavy atom. The first-order valence-electron chi connectivity index (χ1n) is 5.22. The highest BCUT2D eigenvalue weighted by molar-refractivity contribution is 6.42. The van der Waals surface area contributed by atoms with E-state index in [1.807, 2.05) is 37.0 Å². The van der Waals surface area contributed by atoms with Gasteiger partial charge in [-0.25, -0.2) is 4.98 Å². The highest BCUT2D eigenvalue weighted by Crippen LogP contribution is 2.28. The Hall–Kier alpha value is -1.03. The van der Waals surface area contributed by atoms with Crippen molar-refractivity contribution in [3.8, 4) is 0 Å². The second kappa shape index (κ2) is 5.08. The summed E-state index contributed by atoms with van der Waals surface area (Å²) in [6.07, 6.45) is 3.61. The van der Waals surface area contributed by atoms with Crippen LogP contribution < -0.4 is 5.32 Å². The summed E-state index contributed by atoms with van der Waals surface area (Å²) in [6, 6.07) is 5.69. The molecule has 3 nitrogen and oxygen atoms in total.